The van der Waals surface area contributed by atoms with Gasteiger partial charge in [0.05, 0.1) is 19.3 Å². The van der Waals surface area contributed by atoms with Crippen LogP contribution in [0.3, 0.4) is 0 Å². The maximum absolute atomic E-state index is 12.1. The molecule has 0 bridgehead atoms. The Morgan fingerprint density at radius 2 is 1.61 bits per heavy atom. The van der Waals surface area contributed by atoms with Crippen molar-refractivity contribution in [2.45, 2.75) is 38.0 Å². The molecule has 6 nitrogen and oxygen atoms in total. The number of benzene rings is 2. The first-order valence-corrected chi connectivity index (χ1v) is 9.46. The highest BCUT2D eigenvalue weighted by molar-refractivity contribution is 5.83. The first-order valence-electron chi connectivity index (χ1n) is 9.46. The summed E-state index contributed by atoms with van der Waals surface area (Å²) in [7, 11) is 0. The van der Waals surface area contributed by atoms with Gasteiger partial charge in [-0.15, -0.1) is 0 Å². The molecule has 0 saturated heterocycles. The summed E-state index contributed by atoms with van der Waals surface area (Å²) in [4.78, 5) is 23.5. The summed E-state index contributed by atoms with van der Waals surface area (Å²) in [5.74, 6) is -0.981. The normalized spacial score (nSPS) is 13.0. The zero-order valence-corrected chi connectivity index (χ0v) is 15.9. The van der Waals surface area contributed by atoms with Gasteiger partial charge in [0.15, 0.2) is 5.78 Å². The summed E-state index contributed by atoms with van der Waals surface area (Å²) in [6.07, 6.45) is 1.22. The fourth-order valence-corrected chi connectivity index (χ4v) is 2.79. The fraction of sp³-hybridized carbons (Fsp3) is 0.364. The van der Waals surface area contributed by atoms with Crippen molar-refractivity contribution < 1.29 is 19.4 Å². The first-order chi connectivity index (χ1) is 13.6. The number of Topliss-reactive ketones (excluding diaryl/α,β-unsaturated/α-hetero) is 1. The second kappa shape index (κ2) is 12.0. The minimum absolute atomic E-state index is 0.0789. The van der Waals surface area contributed by atoms with Crippen molar-refractivity contribution in [2.24, 2.45) is 5.73 Å². The molecule has 0 spiro atoms. The number of ketones is 1. The van der Waals surface area contributed by atoms with E-state index in [1.807, 2.05) is 60.7 Å². The lowest BCUT2D eigenvalue weighted by atomic mass is 10.1. The van der Waals surface area contributed by atoms with E-state index in [1.54, 1.807) is 0 Å². The summed E-state index contributed by atoms with van der Waals surface area (Å²) in [5.41, 5.74) is 7.87. The average Bonchev–Trinajstić information content (AvgIpc) is 2.71. The highest BCUT2D eigenvalue weighted by Crippen LogP contribution is 2.05. The molecule has 150 valence electrons. The Morgan fingerprint density at radius 1 is 1.00 bits per heavy atom. The van der Waals surface area contributed by atoms with Crippen LogP contribution in [0.15, 0.2) is 60.7 Å². The third-order valence-electron chi connectivity index (χ3n) is 4.39. The summed E-state index contributed by atoms with van der Waals surface area (Å²) in [6, 6.07) is 17.8. The van der Waals surface area contributed by atoms with Crippen LogP contribution in [-0.4, -0.2) is 42.1 Å². The van der Waals surface area contributed by atoms with Crippen LogP contribution in [-0.2, 0) is 27.4 Å². The zero-order valence-electron chi connectivity index (χ0n) is 15.9. The van der Waals surface area contributed by atoms with Crippen molar-refractivity contribution in [3.8, 4) is 0 Å². The monoisotopic (exact) mass is 384 g/mol. The van der Waals surface area contributed by atoms with Crippen molar-refractivity contribution in [1.82, 2.24) is 5.32 Å². The van der Waals surface area contributed by atoms with E-state index in [1.165, 1.54) is 0 Å². The van der Waals surface area contributed by atoms with Crippen LogP contribution < -0.4 is 11.1 Å². The predicted octanol–water partition coefficient (Wildman–Crippen LogP) is 2.17. The number of carboxylic acid groups (broad SMARTS) is 1. The maximum Gasteiger partial charge on any atom is 0.321 e. The number of rotatable bonds is 13. The van der Waals surface area contributed by atoms with Gasteiger partial charge in [-0.25, -0.2) is 0 Å². The lowest BCUT2D eigenvalue weighted by Crippen LogP contribution is -2.40. The molecule has 0 radical (unpaired) electrons. The number of carbonyl (C=O) groups is 2. The number of carboxylic acids is 1. The Bertz CT molecular complexity index is 722. The van der Waals surface area contributed by atoms with Gasteiger partial charge in [0.1, 0.15) is 6.04 Å². The molecule has 0 heterocycles. The quantitative estimate of drug-likeness (QED) is 0.458. The number of ether oxygens (including phenoxy) is 1. The molecule has 0 aliphatic carbocycles. The van der Waals surface area contributed by atoms with Crippen molar-refractivity contribution >= 4 is 11.8 Å². The Kier molecular flexibility index (Phi) is 9.34. The SMILES string of the molecule is N[C@@H](COCc1ccccc1)C(=O)CCCN[C@@H](Cc1ccccc1)C(=O)O. The Balaban J connectivity index is 1.63. The molecule has 4 N–H and O–H groups in total. The van der Waals surface area contributed by atoms with Crippen LogP contribution in [0.25, 0.3) is 0 Å². The summed E-state index contributed by atoms with van der Waals surface area (Å²) in [5, 5.41) is 12.4. The molecule has 0 aliphatic rings. The molecule has 6 heteroatoms. The topological polar surface area (TPSA) is 102 Å². The Labute approximate surface area is 165 Å². The molecular formula is C22H28N2O4. The molecule has 0 unspecified atom stereocenters. The van der Waals surface area contributed by atoms with Gasteiger partial charge in [-0.3, -0.25) is 9.59 Å². The molecule has 2 rings (SSSR count). The van der Waals surface area contributed by atoms with Crippen molar-refractivity contribution in [3.05, 3.63) is 71.8 Å². The minimum atomic E-state index is -0.902. The number of hydrogen-bond acceptors (Lipinski definition) is 5. The van der Waals surface area contributed by atoms with Gasteiger partial charge in [-0.05, 0) is 30.5 Å². The number of hydrogen-bond donors (Lipinski definition) is 3. The highest BCUT2D eigenvalue weighted by Gasteiger charge is 2.18. The van der Waals surface area contributed by atoms with Crippen LogP contribution in [0.2, 0.25) is 0 Å². The van der Waals surface area contributed by atoms with E-state index in [4.69, 9.17) is 10.5 Å². The molecule has 2 atom stereocenters. The van der Waals surface area contributed by atoms with Crippen molar-refractivity contribution in [1.29, 1.82) is 0 Å². The van der Waals surface area contributed by atoms with Crippen LogP contribution in [0.5, 0.6) is 0 Å². The molecule has 0 fully saturated rings. The molecule has 0 aliphatic heterocycles. The van der Waals surface area contributed by atoms with Crippen LogP contribution in [0.4, 0.5) is 0 Å². The van der Waals surface area contributed by atoms with Gasteiger partial charge in [-0.2, -0.15) is 0 Å². The number of nitrogens with two attached hydrogens (primary N) is 1. The van der Waals surface area contributed by atoms with E-state index in [0.717, 1.165) is 11.1 Å². The average molecular weight is 384 g/mol. The second-order valence-electron chi connectivity index (χ2n) is 6.71. The van der Waals surface area contributed by atoms with E-state index in [9.17, 15) is 14.7 Å². The minimum Gasteiger partial charge on any atom is -0.480 e. The van der Waals surface area contributed by atoms with Crippen LogP contribution in [0.1, 0.15) is 24.0 Å². The molecule has 2 aromatic rings. The van der Waals surface area contributed by atoms with Crippen molar-refractivity contribution in [2.75, 3.05) is 13.2 Å². The lowest BCUT2D eigenvalue weighted by molar-refractivity contribution is -0.139. The highest BCUT2D eigenvalue weighted by atomic mass is 16.5. The standard InChI is InChI=1S/C22H28N2O4/c23-19(16-28-15-18-10-5-2-6-11-18)21(25)12-7-13-24-20(22(26)27)14-17-8-3-1-4-9-17/h1-6,8-11,19-20,24H,7,12-16,23H2,(H,26,27)/t19-,20-/m0/s1. The molecule has 0 saturated carbocycles. The number of nitrogens with one attached hydrogen (secondary N) is 1. The zero-order chi connectivity index (χ0) is 20.2. The first kappa shape index (κ1) is 21.8. The van der Waals surface area contributed by atoms with E-state index < -0.39 is 18.1 Å². The van der Waals surface area contributed by atoms with Gasteiger partial charge in [0.2, 0.25) is 0 Å². The van der Waals surface area contributed by atoms with Gasteiger partial charge in [0.25, 0.3) is 0 Å². The fourth-order valence-electron chi connectivity index (χ4n) is 2.79. The largest absolute Gasteiger partial charge is 0.480 e. The van der Waals surface area contributed by atoms with E-state index >= 15 is 0 Å². The van der Waals surface area contributed by atoms with Crippen LogP contribution >= 0.6 is 0 Å². The Hall–Kier alpha value is -2.54. The molecule has 2 aromatic carbocycles. The third kappa shape index (κ3) is 8.00. The van der Waals surface area contributed by atoms with E-state index in [2.05, 4.69) is 5.32 Å². The van der Waals surface area contributed by atoms with Crippen LogP contribution in [0, 0.1) is 0 Å². The van der Waals surface area contributed by atoms with Gasteiger partial charge in [-0.1, -0.05) is 60.7 Å². The lowest BCUT2D eigenvalue weighted by Gasteiger charge is -2.15. The number of aliphatic carboxylic acids is 1. The third-order valence-corrected chi connectivity index (χ3v) is 4.39. The number of carbonyl (C=O) groups excluding carboxylic acids is 1. The molecule has 0 aromatic heterocycles. The van der Waals surface area contributed by atoms with Crippen molar-refractivity contribution in [3.63, 3.8) is 0 Å². The smallest absolute Gasteiger partial charge is 0.321 e. The van der Waals surface area contributed by atoms with Gasteiger partial charge in [0, 0.05) is 6.42 Å². The predicted molar refractivity (Wildman–Crippen MR) is 108 cm³/mol. The summed E-state index contributed by atoms with van der Waals surface area (Å²) < 4.78 is 5.51. The maximum atomic E-state index is 12.1. The second-order valence-corrected chi connectivity index (χ2v) is 6.71. The summed E-state index contributed by atoms with van der Waals surface area (Å²) >= 11 is 0. The Morgan fingerprint density at radius 3 is 2.21 bits per heavy atom. The van der Waals surface area contributed by atoms with E-state index in [0.29, 0.717) is 32.4 Å². The molecule has 0 amide bonds. The molecule has 28 heavy (non-hydrogen) atoms. The molecular weight excluding hydrogens is 356 g/mol. The van der Waals surface area contributed by atoms with E-state index in [-0.39, 0.29) is 12.4 Å². The van der Waals surface area contributed by atoms with Gasteiger partial charge >= 0.3 is 5.97 Å². The summed E-state index contributed by atoms with van der Waals surface area (Å²) in [6.45, 7) is 1.03. The van der Waals surface area contributed by atoms with Gasteiger partial charge < -0.3 is 20.9 Å².